The Hall–Kier alpha value is -1.19. The van der Waals surface area contributed by atoms with E-state index in [1.165, 1.54) is 12.1 Å². The molecule has 9 heteroatoms. The van der Waals surface area contributed by atoms with Crippen molar-refractivity contribution in [2.75, 3.05) is 33.4 Å². The molecule has 1 aromatic rings. The molecule has 0 bridgehead atoms. The average Bonchev–Trinajstić information content (AvgIpc) is 3.20. The Morgan fingerprint density at radius 3 is 2.70 bits per heavy atom. The lowest BCUT2D eigenvalue weighted by Crippen LogP contribution is -2.40. The van der Waals surface area contributed by atoms with Crippen LogP contribution in [-0.4, -0.2) is 64.8 Å². The van der Waals surface area contributed by atoms with Gasteiger partial charge < -0.3 is 14.4 Å². The zero-order valence-electron chi connectivity index (χ0n) is 15.3. The average molecular weight is 417 g/mol. The summed E-state index contributed by atoms with van der Waals surface area (Å²) in [7, 11) is -2.16. The van der Waals surface area contributed by atoms with Crippen LogP contribution in [0.15, 0.2) is 23.1 Å². The molecule has 150 valence electrons. The third kappa shape index (κ3) is 5.00. The third-order valence-electron chi connectivity index (χ3n) is 5.06. The summed E-state index contributed by atoms with van der Waals surface area (Å²) >= 11 is 6.11. The molecule has 27 heavy (non-hydrogen) atoms. The third-order valence-corrected chi connectivity index (χ3v) is 6.96. The van der Waals surface area contributed by atoms with Gasteiger partial charge in [-0.1, -0.05) is 11.6 Å². The van der Waals surface area contributed by atoms with Crippen molar-refractivity contribution in [3.05, 3.63) is 28.8 Å². The topological polar surface area (TPSA) is 84.9 Å². The van der Waals surface area contributed by atoms with Crippen LogP contribution in [0.25, 0.3) is 0 Å². The number of carbonyl (C=O) groups excluding carboxylic acids is 1. The Labute approximate surface area is 165 Å². The van der Waals surface area contributed by atoms with E-state index < -0.39 is 10.0 Å². The predicted molar refractivity (Wildman–Crippen MR) is 102 cm³/mol. The second kappa shape index (κ2) is 8.87. The van der Waals surface area contributed by atoms with E-state index in [2.05, 4.69) is 4.72 Å². The first-order valence-corrected chi connectivity index (χ1v) is 11.0. The van der Waals surface area contributed by atoms with E-state index >= 15 is 0 Å². The van der Waals surface area contributed by atoms with Gasteiger partial charge in [0.05, 0.1) is 17.2 Å². The van der Waals surface area contributed by atoms with E-state index in [1.54, 1.807) is 18.1 Å². The molecule has 3 rings (SSSR count). The van der Waals surface area contributed by atoms with Gasteiger partial charge in [-0.25, -0.2) is 13.1 Å². The van der Waals surface area contributed by atoms with Crippen molar-refractivity contribution in [3.63, 3.8) is 0 Å². The summed E-state index contributed by atoms with van der Waals surface area (Å²) in [5.41, 5.74) is 0.313. The fourth-order valence-electron chi connectivity index (χ4n) is 3.41. The smallest absolute Gasteiger partial charge is 0.253 e. The first-order chi connectivity index (χ1) is 12.9. The molecular formula is C18H25ClN2O5S. The van der Waals surface area contributed by atoms with Gasteiger partial charge >= 0.3 is 0 Å². The van der Waals surface area contributed by atoms with Crippen molar-refractivity contribution in [2.45, 2.75) is 42.8 Å². The van der Waals surface area contributed by atoms with Gasteiger partial charge in [-0.15, -0.1) is 0 Å². The van der Waals surface area contributed by atoms with Crippen molar-refractivity contribution >= 4 is 27.5 Å². The van der Waals surface area contributed by atoms with E-state index in [0.717, 1.165) is 25.7 Å². The van der Waals surface area contributed by atoms with Crippen molar-refractivity contribution in [1.29, 1.82) is 0 Å². The molecule has 2 fully saturated rings. The summed E-state index contributed by atoms with van der Waals surface area (Å²) in [6.45, 7) is 2.01. The molecule has 2 heterocycles. The Morgan fingerprint density at radius 1 is 1.33 bits per heavy atom. The van der Waals surface area contributed by atoms with Crippen LogP contribution in [-0.2, 0) is 19.5 Å². The summed E-state index contributed by atoms with van der Waals surface area (Å²) < 4.78 is 38.6. The lowest BCUT2D eigenvalue weighted by molar-refractivity contribution is 0.0350. The van der Waals surface area contributed by atoms with Gasteiger partial charge in [-0.2, -0.15) is 0 Å². The minimum Gasteiger partial charge on any atom is -0.381 e. The second-order valence-electron chi connectivity index (χ2n) is 6.86. The molecule has 2 aliphatic heterocycles. The standard InChI is InChI=1S/C18H25ClN2O5S/c1-25-14-6-8-21(9-7-14)18(22)13-4-5-16(19)17(11-13)27(23,24)20-12-15-3-2-10-26-15/h4-5,11,14-15,20H,2-3,6-10,12H2,1H3. The highest BCUT2D eigenvalue weighted by Gasteiger charge is 2.26. The maximum Gasteiger partial charge on any atom is 0.253 e. The lowest BCUT2D eigenvalue weighted by atomic mass is 10.1. The number of methoxy groups -OCH3 is 1. The van der Waals surface area contributed by atoms with Crippen molar-refractivity contribution < 1.29 is 22.7 Å². The van der Waals surface area contributed by atoms with Gasteiger partial charge in [0.15, 0.2) is 0 Å². The van der Waals surface area contributed by atoms with Gasteiger partial charge in [0.2, 0.25) is 10.0 Å². The van der Waals surface area contributed by atoms with Gasteiger partial charge in [0, 0.05) is 38.9 Å². The van der Waals surface area contributed by atoms with Crippen LogP contribution in [0, 0.1) is 0 Å². The summed E-state index contributed by atoms with van der Waals surface area (Å²) in [6, 6.07) is 4.37. The van der Waals surface area contributed by atoms with E-state index in [-0.39, 0.29) is 34.6 Å². The number of carbonyl (C=O) groups is 1. The molecule has 1 N–H and O–H groups in total. The minimum absolute atomic E-state index is 0.0835. The second-order valence-corrected chi connectivity index (χ2v) is 9.00. The summed E-state index contributed by atoms with van der Waals surface area (Å²) in [5.74, 6) is -0.197. The monoisotopic (exact) mass is 416 g/mol. The fraction of sp³-hybridized carbons (Fsp3) is 0.611. The highest BCUT2D eigenvalue weighted by molar-refractivity contribution is 7.89. The largest absolute Gasteiger partial charge is 0.381 e. The van der Waals surface area contributed by atoms with E-state index in [4.69, 9.17) is 21.1 Å². The summed E-state index contributed by atoms with van der Waals surface area (Å²) in [4.78, 5) is 14.4. The van der Waals surface area contributed by atoms with Crippen LogP contribution in [0.3, 0.4) is 0 Å². The number of ether oxygens (including phenoxy) is 2. The zero-order valence-corrected chi connectivity index (χ0v) is 16.9. The Kier molecular flexibility index (Phi) is 6.75. The fourth-order valence-corrected chi connectivity index (χ4v) is 5.00. The number of rotatable bonds is 6. The number of hydrogen-bond acceptors (Lipinski definition) is 5. The molecule has 0 spiro atoms. The molecule has 2 saturated heterocycles. The van der Waals surface area contributed by atoms with Crippen LogP contribution in [0.2, 0.25) is 5.02 Å². The molecule has 1 atom stereocenters. The Bertz CT molecular complexity index is 772. The number of amides is 1. The number of piperidine rings is 1. The molecule has 1 amide bonds. The normalized spacial score (nSPS) is 21.6. The summed E-state index contributed by atoms with van der Waals surface area (Å²) in [5, 5.41) is 0.0875. The predicted octanol–water partition coefficient (Wildman–Crippen LogP) is 2.05. The number of halogens is 1. The van der Waals surface area contributed by atoms with Gasteiger partial charge in [0.1, 0.15) is 4.90 Å². The van der Waals surface area contributed by atoms with Gasteiger partial charge in [-0.05, 0) is 43.9 Å². The molecule has 7 nitrogen and oxygen atoms in total. The minimum atomic E-state index is -3.83. The molecule has 0 radical (unpaired) electrons. The molecule has 0 saturated carbocycles. The SMILES string of the molecule is COC1CCN(C(=O)c2ccc(Cl)c(S(=O)(=O)NCC3CCCO3)c2)CC1. The molecule has 0 aromatic heterocycles. The van der Waals surface area contributed by atoms with E-state index in [9.17, 15) is 13.2 Å². The number of nitrogens with one attached hydrogen (secondary N) is 1. The number of hydrogen-bond donors (Lipinski definition) is 1. The van der Waals surface area contributed by atoms with Gasteiger partial charge in [-0.3, -0.25) is 4.79 Å². The van der Waals surface area contributed by atoms with E-state index in [0.29, 0.717) is 25.3 Å². The van der Waals surface area contributed by atoms with Crippen LogP contribution >= 0.6 is 11.6 Å². The molecule has 0 aliphatic carbocycles. The maximum atomic E-state index is 12.8. The van der Waals surface area contributed by atoms with Crippen molar-refractivity contribution in [3.8, 4) is 0 Å². The Balaban J connectivity index is 1.72. The van der Waals surface area contributed by atoms with Crippen LogP contribution in [0.4, 0.5) is 0 Å². The highest BCUT2D eigenvalue weighted by atomic mass is 35.5. The van der Waals surface area contributed by atoms with E-state index in [1.807, 2.05) is 0 Å². The molecule has 1 unspecified atom stereocenters. The lowest BCUT2D eigenvalue weighted by Gasteiger charge is -2.31. The summed E-state index contributed by atoms with van der Waals surface area (Å²) in [6.07, 6.45) is 3.33. The van der Waals surface area contributed by atoms with Crippen LogP contribution < -0.4 is 4.72 Å². The first kappa shape index (κ1) is 20.5. The first-order valence-electron chi connectivity index (χ1n) is 9.13. The van der Waals surface area contributed by atoms with Crippen molar-refractivity contribution in [2.24, 2.45) is 0 Å². The molecular weight excluding hydrogens is 392 g/mol. The van der Waals surface area contributed by atoms with Gasteiger partial charge in [0.25, 0.3) is 5.91 Å². The van der Waals surface area contributed by atoms with Crippen molar-refractivity contribution in [1.82, 2.24) is 9.62 Å². The highest BCUT2D eigenvalue weighted by Crippen LogP contribution is 2.25. The molecule has 1 aromatic carbocycles. The number of benzene rings is 1. The van der Waals surface area contributed by atoms with Crippen LogP contribution in [0.1, 0.15) is 36.0 Å². The maximum absolute atomic E-state index is 12.8. The zero-order chi connectivity index (χ0) is 19.4. The molecule has 2 aliphatic rings. The van der Waals surface area contributed by atoms with Crippen LogP contribution in [0.5, 0.6) is 0 Å². The number of nitrogens with zero attached hydrogens (tertiary/aromatic N) is 1. The number of likely N-dealkylation sites (tertiary alicyclic amines) is 1. The Morgan fingerprint density at radius 2 is 2.07 bits per heavy atom. The number of sulfonamides is 1. The quantitative estimate of drug-likeness (QED) is 0.767.